The van der Waals surface area contributed by atoms with Crippen molar-refractivity contribution in [1.82, 2.24) is 4.90 Å². The van der Waals surface area contributed by atoms with E-state index in [0.717, 1.165) is 19.3 Å². The van der Waals surface area contributed by atoms with Crippen molar-refractivity contribution in [3.63, 3.8) is 0 Å². The molecule has 1 aliphatic heterocycles. The van der Waals surface area contributed by atoms with Gasteiger partial charge < -0.3 is 19.1 Å². The van der Waals surface area contributed by atoms with Crippen molar-refractivity contribution in [2.24, 2.45) is 0 Å². The van der Waals surface area contributed by atoms with Crippen molar-refractivity contribution in [1.29, 1.82) is 0 Å². The normalized spacial score (nSPS) is 20.4. The van der Waals surface area contributed by atoms with Gasteiger partial charge in [-0.2, -0.15) is 0 Å². The molecular weight excluding hydrogens is 310 g/mol. The van der Waals surface area contributed by atoms with E-state index >= 15 is 0 Å². The Kier molecular flexibility index (Phi) is 6.06. The maximum Gasteiger partial charge on any atom is 0.342 e. The molecule has 1 fully saturated rings. The average molecular weight is 335 g/mol. The molecule has 6 nitrogen and oxygen atoms in total. The third kappa shape index (κ3) is 3.99. The maximum atomic E-state index is 12.4. The Morgan fingerprint density at radius 3 is 2.38 bits per heavy atom. The van der Waals surface area contributed by atoms with Crippen LogP contribution in [0, 0.1) is 0 Å². The molecule has 1 heterocycles. The first-order chi connectivity index (χ1) is 11.5. The molecule has 0 radical (unpaired) electrons. The summed E-state index contributed by atoms with van der Waals surface area (Å²) in [6, 6.07) is 5.21. The van der Waals surface area contributed by atoms with Crippen molar-refractivity contribution < 1.29 is 23.8 Å². The second kappa shape index (κ2) is 8.04. The average Bonchev–Trinajstić information content (AvgIpc) is 2.58. The van der Waals surface area contributed by atoms with Gasteiger partial charge in [0.2, 0.25) is 0 Å². The van der Waals surface area contributed by atoms with Crippen LogP contribution in [0.25, 0.3) is 0 Å². The first kappa shape index (κ1) is 18.1. The van der Waals surface area contributed by atoms with Gasteiger partial charge in [-0.05, 0) is 51.3 Å². The molecule has 0 bridgehead atoms. The number of hydrogen-bond acceptors (Lipinski definition) is 5. The van der Waals surface area contributed by atoms with E-state index in [9.17, 15) is 9.59 Å². The Morgan fingerprint density at radius 2 is 1.79 bits per heavy atom. The molecule has 24 heavy (non-hydrogen) atoms. The number of ether oxygens (including phenoxy) is 3. The van der Waals surface area contributed by atoms with Crippen molar-refractivity contribution in [3.8, 4) is 11.5 Å². The standard InChI is InChI=1S/C18H25NO5/c1-12-6-5-7-13(2)19(12)17(20)11-24-18(21)15-10-14(22-3)8-9-16(15)23-4/h8-10,12-13H,5-7,11H2,1-4H3/t12-,13-/m0/s1. The molecule has 1 aliphatic rings. The SMILES string of the molecule is COc1ccc(OC)c(C(=O)OCC(=O)N2[C@@H](C)CCC[C@@H]2C)c1. The fourth-order valence-electron chi connectivity index (χ4n) is 3.17. The lowest BCUT2D eigenvalue weighted by atomic mass is 9.97. The number of hydrogen-bond donors (Lipinski definition) is 0. The topological polar surface area (TPSA) is 65.1 Å². The number of nitrogens with zero attached hydrogens (tertiary/aromatic N) is 1. The summed E-state index contributed by atoms with van der Waals surface area (Å²) in [6.45, 7) is 3.79. The quantitative estimate of drug-likeness (QED) is 0.774. The van der Waals surface area contributed by atoms with Gasteiger partial charge in [-0.15, -0.1) is 0 Å². The molecule has 1 aromatic carbocycles. The monoisotopic (exact) mass is 335 g/mol. The lowest BCUT2D eigenvalue weighted by molar-refractivity contribution is -0.140. The number of rotatable bonds is 5. The summed E-state index contributed by atoms with van der Waals surface area (Å²) >= 11 is 0. The highest BCUT2D eigenvalue weighted by Crippen LogP contribution is 2.25. The number of benzene rings is 1. The molecule has 6 heteroatoms. The highest BCUT2D eigenvalue weighted by atomic mass is 16.5. The largest absolute Gasteiger partial charge is 0.497 e. The van der Waals surface area contributed by atoms with Crippen LogP contribution in [0.2, 0.25) is 0 Å². The molecule has 0 N–H and O–H groups in total. The fourth-order valence-corrected chi connectivity index (χ4v) is 3.17. The molecule has 0 saturated carbocycles. The molecule has 1 amide bonds. The Bertz CT molecular complexity index is 591. The minimum absolute atomic E-state index is 0.162. The van der Waals surface area contributed by atoms with Crippen LogP contribution in [-0.4, -0.2) is 49.7 Å². The number of likely N-dealkylation sites (tertiary alicyclic amines) is 1. The zero-order chi connectivity index (χ0) is 17.7. The summed E-state index contributed by atoms with van der Waals surface area (Å²) in [5.41, 5.74) is 0.240. The number of piperidine rings is 1. The van der Waals surface area contributed by atoms with E-state index in [2.05, 4.69) is 0 Å². The van der Waals surface area contributed by atoms with Crippen LogP contribution in [0.5, 0.6) is 11.5 Å². The predicted octanol–water partition coefficient (Wildman–Crippen LogP) is 2.65. The molecule has 0 spiro atoms. The van der Waals surface area contributed by atoms with Gasteiger partial charge in [0.05, 0.1) is 14.2 Å². The Labute approximate surface area is 142 Å². The van der Waals surface area contributed by atoms with Crippen LogP contribution in [0.15, 0.2) is 18.2 Å². The number of carbonyl (C=O) groups is 2. The van der Waals surface area contributed by atoms with E-state index in [-0.39, 0.29) is 30.2 Å². The van der Waals surface area contributed by atoms with E-state index in [1.54, 1.807) is 12.1 Å². The number of methoxy groups -OCH3 is 2. The van der Waals surface area contributed by atoms with Crippen molar-refractivity contribution >= 4 is 11.9 Å². The number of carbonyl (C=O) groups excluding carboxylic acids is 2. The van der Waals surface area contributed by atoms with Crippen LogP contribution in [0.4, 0.5) is 0 Å². The summed E-state index contributed by atoms with van der Waals surface area (Å²) in [7, 11) is 2.99. The van der Waals surface area contributed by atoms with Gasteiger partial charge in [0, 0.05) is 12.1 Å². The smallest absolute Gasteiger partial charge is 0.342 e. The lowest BCUT2D eigenvalue weighted by Gasteiger charge is -2.38. The summed E-state index contributed by atoms with van der Waals surface area (Å²) in [5.74, 6) is 0.140. The van der Waals surface area contributed by atoms with Crippen molar-refractivity contribution in [2.45, 2.75) is 45.2 Å². The Balaban J connectivity index is 2.03. The summed E-state index contributed by atoms with van der Waals surface area (Å²) in [4.78, 5) is 26.6. The van der Waals surface area contributed by atoms with Gasteiger partial charge in [-0.1, -0.05) is 0 Å². The Hall–Kier alpha value is -2.24. The van der Waals surface area contributed by atoms with Crippen LogP contribution in [0.3, 0.4) is 0 Å². The summed E-state index contributed by atoms with van der Waals surface area (Å²) in [5, 5.41) is 0. The maximum absolute atomic E-state index is 12.4. The predicted molar refractivity (Wildman–Crippen MR) is 89.4 cm³/mol. The molecule has 0 unspecified atom stereocenters. The van der Waals surface area contributed by atoms with Crippen LogP contribution < -0.4 is 9.47 Å². The van der Waals surface area contributed by atoms with E-state index < -0.39 is 5.97 Å². The van der Waals surface area contributed by atoms with E-state index in [1.165, 1.54) is 20.3 Å². The molecule has 0 aliphatic carbocycles. The van der Waals surface area contributed by atoms with Gasteiger partial charge in [0.15, 0.2) is 6.61 Å². The molecule has 0 aromatic heterocycles. The molecule has 2 atom stereocenters. The first-order valence-electron chi connectivity index (χ1n) is 8.18. The number of esters is 1. The Morgan fingerprint density at radius 1 is 1.12 bits per heavy atom. The summed E-state index contributed by atoms with van der Waals surface area (Å²) in [6.07, 6.45) is 3.08. The second-order valence-electron chi connectivity index (χ2n) is 6.07. The zero-order valence-electron chi connectivity index (χ0n) is 14.7. The van der Waals surface area contributed by atoms with Crippen molar-refractivity contribution in [3.05, 3.63) is 23.8 Å². The van der Waals surface area contributed by atoms with Crippen LogP contribution in [0.1, 0.15) is 43.5 Å². The van der Waals surface area contributed by atoms with Crippen LogP contribution >= 0.6 is 0 Å². The highest BCUT2D eigenvalue weighted by Gasteiger charge is 2.29. The van der Waals surface area contributed by atoms with Crippen LogP contribution in [-0.2, 0) is 9.53 Å². The second-order valence-corrected chi connectivity index (χ2v) is 6.07. The molecule has 1 aromatic rings. The lowest BCUT2D eigenvalue weighted by Crippen LogP contribution is -2.49. The zero-order valence-corrected chi connectivity index (χ0v) is 14.7. The third-order valence-corrected chi connectivity index (χ3v) is 4.43. The van der Waals surface area contributed by atoms with Gasteiger partial charge in [-0.25, -0.2) is 4.79 Å². The third-order valence-electron chi connectivity index (χ3n) is 4.43. The van der Waals surface area contributed by atoms with E-state index in [1.807, 2.05) is 18.7 Å². The van der Waals surface area contributed by atoms with Gasteiger partial charge >= 0.3 is 5.97 Å². The van der Waals surface area contributed by atoms with E-state index in [4.69, 9.17) is 14.2 Å². The molecule has 132 valence electrons. The number of amides is 1. The van der Waals surface area contributed by atoms with E-state index in [0.29, 0.717) is 11.5 Å². The fraction of sp³-hybridized carbons (Fsp3) is 0.556. The van der Waals surface area contributed by atoms with Gasteiger partial charge in [-0.3, -0.25) is 4.79 Å². The first-order valence-corrected chi connectivity index (χ1v) is 8.18. The molecule has 1 saturated heterocycles. The van der Waals surface area contributed by atoms with Gasteiger partial charge in [0.25, 0.3) is 5.91 Å². The minimum Gasteiger partial charge on any atom is -0.497 e. The van der Waals surface area contributed by atoms with Gasteiger partial charge in [0.1, 0.15) is 17.1 Å². The summed E-state index contributed by atoms with van der Waals surface area (Å²) < 4.78 is 15.5. The minimum atomic E-state index is -0.601. The molecule has 2 rings (SSSR count). The van der Waals surface area contributed by atoms with Crippen molar-refractivity contribution in [2.75, 3.05) is 20.8 Å². The highest BCUT2D eigenvalue weighted by molar-refractivity contribution is 5.94. The molecular formula is C18H25NO5.